The smallest absolute Gasteiger partial charge is 0.359 e. The summed E-state index contributed by atoms with van der Waals surface area (Å²) in [5.74, 6) is -0.444. The first-order valence-corrected chi connectivity index (χ1v) is 7.73. The van der Waals surface area contributed by atoms with E-state index in [1.54, 1.807) is 6.07 Å². The van der Waals surface area contributed by atoms with Crippen LogP contribution in [0.3, 0.4) is 0 Å². The molecule has 2 aromatic rings. The quantitative estimate of drug-likeness (QED) is 0.924. The zero-order chi connectivity index (χ0) is 17.9. The maximum Gasteiger partial charge on any atom is 0.408 e. The van der Waals surface area contributed by atoms with Gasteiger partial charge in [0.15, 0.2) is 5.84 Å². The Labute approximate surface area is 143 Å². The van der Waals surface area contributed by atoms with Crippen molar-refractivity contribution < 1.29 is 18.0 Å². The third kappa shape index (κ3) is 4.59. The molecule has 25 heavy (non-hydrogen) atoms. The molecule has 0 saturated heterocycles. The Balaban J connectivity index is 1.82. The Morgan fingerprint density at radius 2 is 1.76 bits per heavy atom. The first kappa shape index (κ1) is 17.0. The minimum absolute atomic E-state index is 0.210. The molecule has 130 valence electrons. The molecule has 0 aliphatic carbocycles. The van der Waals surface area contributed by atoms with Crippen LogP contribution in [0.1, 0.15) is 16.7 Å². The fraction of sp³-hybridized carbons (Fsp3) is 0.222. The van der Waals surface area contributed by atoms with Crippen LogP contribution in [-0.2, 0) is 11.2 Å². The number of amidine groups is 1. The zero-order valence-electron chi connectivity index (χ0n) is 13.3. The number of halogens is 3. The van der Waals surface area contributed by atoms with Crippen LogP contribution in [0.25, 0.3) is 0 Å². The van der Waals surface area contributed by atoms with Gasteiger partial charge >= 0.3 is 6.18 Å². The Morgan fingerprint density at radius 1 is 1.04 bits per heavy atom. The summed E-state index contributed by atoms with van der Waals surface area (Å²) in [5, 5.41) is 7.09. The number of benzene rings is 2. The maximum absolute atomic E-state index is 12.6. The molecule has 0 aromatic heterocycles. The SMILES string of the molecule is O=C1CNC(c2cccc(Cc3ccccc3)c2)=NN1CC(F)(F)F. The summed E-state index contributed by atoms with van der Waals surface area (Å²) < 4.78 is 37.7. The van der Waals surface area contributed by atoms with Crippen LogP contribution in [0, 0.1) is 0 Å². The zero-order valence-corrected chi connectivity index (χ0v) is 13.3. The van der Waals surface area contributed by atoms with Crippen molar-refractivity contribution in [1.29, 1.82) is 0 Å². The lowest BCUT2D eigenvalue weighted by Gasteiger charge is -2.25. The number of hydrogen-bond donors (Lipinski definition) is 1. The molecule has 4 nitrogen and oxygen atoms in total. The summed E-state index contributed by atoms with van der Waals surface area (Å²) in [6.07, 6.45) is -3.79. The van der Waals surface area contributed by atoms with E-state index in [0.29, 0.717) is 17.0 Å². The minimum Gasteiger partial charge on any atom is -0.359 e. The summed E-state index contributed by atoms with van der Waals surface area (Å²) in [6, 6.07) is 17.2. The van der Waals surface area contributed by atoms with Gasteiger partial charge in [0.05, 0.1) is 6.54 Å². The first-order chi connectivity index (χ1) is 11.9. The highest BCUT2D eigenvalue weighted by molar-refractivity contribution is 6.02. The van der Waals surface area contributed by atoms with Gasteiger partial charge in [-0.1, -0.05) is 48.5 Å². The number of alkyl halides is 3. The molecule has 1 aliphatic heterocycles. The number of carbonyl (C=O) groups is 1. The molecule has 1 heterocycles. The largest absolute Gasteiger partial charge is 0.408 e. The van der Waals surface area contributed by atoms with E-state index < -0.39 is 18.6 Å². The fourth-order valence-electron chi connectivity index (χ4n) is 2.58. The monoisotopic (exact) mass is 347 g/mol. The summed E-state index contributed by atoms with van der Waals surface area (Å²) in [7, 11) is 0. The van der Waals surface area contributed by atoms with Gasteiger partial charge in [0.1, 0.15) is 6.54 Å². The average molecular weight is 347 g/mol. The van der Waals surface area contributed by atoms with E-state index in [4.69, 9.17) is 0 Å². The molecule has 0 saturated carbocycles. The van der Waals surface area contributed by atoms with E-state index in [2.05, 4.69) is 10.4 Å². The van der Waals surface area contributed by atoms with Crippen LogP contribution in [-0.4, -0.2) is 36.0 Å². The third-order valence-corrected chi connectivity index (χ3v) is 3.70. The van der Waals surface area contributed by atoms with E-state index >= 15 is 0 Å². The van der Waals surface area contributed by atoms with Gasteiger partial charge in [-0.05, 0) is 23.6 Å². The number of hydrogen-bond acceptors (Lipinski definition) is 3. The van der Waals surface area contributed by atoms with Crippen LogP contribution in [0.4, 0.5) is 13.2 Å². The predicted molar refractivity (Wildman–Crippen MR) is 88.0 cm³/mol. The number of nitrogens with one attached hydrogen (secondary N) is 1. The van der Waals surface area contributed by atoms with Crippen LogP contribution >= 0.6 is 0 Å². The Bertz CT molecular complexity index is 788. The van der Waals surface area contributed by atoms with E-state index in [0.717, 1.165) is 11.1 Å². The van der Waals surface area contributed by atoms with Gasteiger partial charge in [0.2, 0.25) is 0 Å². The van der Waals surface area contributed by atoms with E-state index in [1.165, 1.54) is 0 Å². The van der Waals surface area contributed by atoms with Crippen LogP contribution in [0.5, 0.6) is 0 Å². The molecule has 7 heteroatoms. The third-order valence-electron chi connectivity index (χ3n) is 3.70. The summed E-state index contributed by atoms with van der Waals surface area (Å²) >= 11 is 0. The fourth-order valence-corrected chi connectivity index (χ4v) is 2.58. The van der Waals surface area contributed by atoms with Crippen molar-refractivity contribution in [2.45, 2.75) is 12.6 Å². The van der Waals surface area contributed by atoms with Crippen LogP contribution in [0.15, 0.2) is 59.7 Å². The second-order valence-electron chi connectivity index (χ2n) is 5.73. The second kappa shape index (κ2) is 6.96. The van der Waals surface area contributed by atoms with Crippen molar-refractivity contribution in [3.05, 3.63) is 71.3 Å². The molecule has 0 fully saturated rings. The molecule has 0 bridgehead atoms. The second-order valence-corrected chi connectivity index (χ2v) is 5.73. The molecule has 1 amide bonds. The average Bonchev–Trinajstić information content (AvgIpc) is 2.57. The molecule has 0 radical (unpaired) electrons. The Hall–Kier alpha value is -2.83. The molecular formula is C18H16F3N3O. The Morgan fingerprint density at radius 3 is 2.48 bits per heavy atom. The van der Waals surface area contributed by atoms with Crippen molar-refractivity contribution in [3.8, 4) is 0 Å². The number of nitrogens with zero attached hydrogens (tertiary/aromatic N) is 2. The van der Waals surface area contributed by atoms with Gasteiger partial charge in [0, 0.05) is 5.56 Å². The first-order valence-electron chi connectivity index (χ1n) is 7.73. The van der Waals surface area contributed by atoms with Gasteiger partial charge in [-0.2, -0.15) is 18.3 Å². The van der Waals surface area contributed by atoms with Crippen molar-refractivity contribution in [2.24, 2.45) is 5.10 Å². The molecule has 1 aliphatic rings. The lowest BCUT2D eigenvalue weighted by Crippen LogP contribution is -2.47. The molecule has 0 spiro atoms. The molecule has 0 unspecified atom stereocenters. The molecule has 1 N–H and O–H groups in total. The number of amides is 1. The van der Waals surface area contributed by atoms with Gasteiger partial charge in [-0.15, -0.1) is 0 Å². The summed E-state index contributed by atoms with van der Waals surface area (Å²) in [5.41, 5.74) is 2.78. The molecule has 0 atom stereocenters. The topological polar surface area (TPSA) is 44.7 Å². The molecular weight excluding hydrogens is 331 g/mol. The van der Waals surface area contributed by atoms with Crippen molar-refractivity contribution in [2.75, 3.05) is 13.1 Å². The number of rotatable bonds is 4. The maximum atomic E-state index is 12.6. The highest BCUT2D eigenvalue weighted by Gasteiger charge is 2.34. The summed E-state index contributed by atoms with van der Waals surface area (Å²) in [6.45, 7) is -1.60. The lowest BCUT2D eigenvalue weighted by atomic mass is 10.0. The Kier molecular flexibility index (Phi) is 4.74. The van der Waals surface area contributed by atoms with Crippen molar-refractivity contribution >= 4 is 11.7 Å². The van der Waals surface area contributed by atoms with Gasteiger partial charge < -0.3 is 5.32 Å². The van der Waals surface area contributed by atoms with Gasteiger partial charge in [-0.25, -0.2) is 5.01 Å². The van der Waals surface area contributed by atoms with Crippen LogP contribution < -0.4 is 5.32 Å². The van der Waals surface area contributed by atoms with Crippen LogP contribution in [0.2, 0.25) is 0 Å². The van der Waals surface area contributed by atoms with E-state index in [1.807, 2.05) is 48.5 Å². The van der Waals surface area contributed by atoms with Crippen molar-refractivity contribution in [1.82, 2.24) is 10.3 Å². The van der Waals surface area contributed by atoms with E-state index in [9.17, 15) is 18.0 Å². The molecule has 2 aromatic carbocycles. The standard InChI is InChI=1S/C18H16F3N3O/c19-18(20,21)12-24-16(25)11-22-17(23-24)15-8-4-7-14(10-15)9-13-5-2-1-3-6-13/h1-8,10H,9,11-12H2,(H,22,23). The normalized spacial score (nSPS) is 14.9. The van der Waals surface area contributed by atoms with Gasteiger partial charge in [-0.3, -0.25) is 4.79 Å². The summed E-state index contributed by atoms with van der Waals surface area (Å²) in [4.78, 5) is 11.6. The van der Waals surface area contributed by atoms with Gasteiger partial charge in [0.25, 0.3) is 5.91 Å². The minimum atomic E-state index is -4.49. The predicted octanol–water partition coefficient (Wildman–Crippen LogP) is 2.93. The highest BCUT2D eigenvalue weighted by atomic mass is 19.4. The highest BCUT2D eigenvalue weighted by Crippen LogP contribution is 2.19. The molecule has 3 rings (SSSR count). The van der Waals surface area contributed by atoms with Crippen molar-refractivity contribution in [3.63, 3.8) is 0 Å². The lowest BCUT2D eigenvalue weighted by molar-refractivity contribution is -0.161. The number of carbonyl (C=O) groups excluding carboxylic acids is 1. The number of hydrazone groups is 1. The van der Waals surface area contributed by atoms with E-state index in [-0.39, 0.29) is 12.4 Å².